The highest BCUT2D eigenvalue weighted by Crippen LogP contribution is 2.15. The zero-order valence-corrected chi connectivity index (χ0v) is 12.2. The first-order valence-electron chi connectivity index (χ1n) is 7.76. The molecule has 1 fully saturated rings. The second kappa shape index (κ2) is 6.87. The van der Waals surface area contributed by atoms with E-state index >= 15 is 0 Å². The molecule has 2 heterocycles. The van der Waals surface area contributed by atoms with Gasteiger partial charge in [0, 0.05) is 24.2 Å². The lowest BCUT2D eigenvalue weighted by Gasteiger charge is -2.22. The molecule has 0 radical (unpaired) electrons. The maximum atomic E-state index is 12.0. The van der Waals surface area contributed by atoms with Gasteiger partial charge < -0.3 is 15.0 Å². The van der Waals surface area contributed by atoms with Crippen LogP contribution in [0.2, 0.25) is 0 Å². The molecule has 1 unspecified atom stereocenters. The highest BCUT2D eigenvalue weighted by molar-refractivity contribution is 5.78. The van der Waals surface area contributed by atoms with Crippen molar-refractivity contribution in [1.82, 2.24) is 10.3 Å². The number of H-pyrrole nitrogens is 1. The topological polar surface area (TPSA) is 54.1 Å². The van der Waals surface area contributed by atoms with Crippen LogP contribution in [-0.4, -0.2) is 24.2 Å². The number of benzene rings is 1. The lowest BCUT2D eigenvalue weighted by Crippen LogP contribution is -2.27. The maximum absolute atomic E-state index is 12.0. The molecule has 4 heteroatoms. The standard InChI is InChI=1S/C17H22N2O2/c20-17-14(11-13-5-1-2-7-16(13)19-17)12-18-9-8-15-6-3-4-10-21-15/h1-2,5,7,11,15,18H,3-4,6,8-10,12H2,(H,19,20). The summed E-state index contributed by atoms with van der Waals surface area (Å²) in [6, 6.07) is 9.83. The van der Waals surface area contributed by atoms with E-state index in [1.165, 1.54) is 12.8 Å². The molecular formula is C17H22N2O2. The van der Waals surface area contributed by atoms with Crippen molar-refractivity contribution in [3.8, 4) is 0 Å². The fraction of sp³-hybridized carbons (Fsp3) is 0.471. The number of hydrogen-bond donors (Lipinski definition) is 2. The van der Waals surface area contributed by atoms with Crippen LogP contribution in [0.4, 0.5) is 0 Å². The van der Waals surface area contributed by atoms with Crippen molar-refractivity contribution in [2.45, 2.75) is 38.3 Å². The minimum absolute atomic E-state index is 0.00452. The van der Waals surface area contributed by atoms with Gasteiger partial charge >= 0.3 is 0 Å². The number of pyridine rings is 1. The van der Waals surface area contributed by atoms with E-state index in [1.54, 1.807) is 0 Å². The van der Waals surface area contributed by atoms with Crippen molar-refractivity contribution >= 4 is 10.9 Å². The summed E-state index contributed by atoms with van der Waals surface area (Å²) in [5.74, 6) is 0. The highest BCUT2D eigenvalue weighted by atomic mass is 16.5. The van der Waals surface area contributed by atoms with E-state index < -0.39 is 0 Å². The van der Waals surface area contributed by atoms with Crippen molar-refractivity contribution in [2.75, 3.05) is 13.2 Å². The van der Waals surface area contributed by atoms with Gasteiger partial charge in [0.05, 0.1) is 6.10 Å². The minimum Gasteiger partial charge on any atom is -0.378 e. The molecule has 2 N–H and O–H groups in total. The monoisotopic (exact) mass is 286 g/mol. The number of nitrogens with one attached hydrogen (secondary N) is 2. The van der Waals surface area contributed by atoms with E-state index in [0.717, 1.165) is 42.5 Å². The number of aromatic nitrogens is 1. The number of rotatable bonds is 5. The summed E-state index contributed by atoms with van der Waals surface area (Å²) in [7, 11) is 0. The normalized spacial score (nSPS) is 19.0. The van der Waals surface area contributed by atoms with Gasteiger partial charge in [-0.25, -0.2) is 0 Å². The Hall–Kier alpha value is -1.65. The Balaban J connectivity index is 1.55. The second-order valence-corrected chi connectivity index (χ2v) is 5.66. The Morgan fingerprint density at radius 2 is 2.19 bits per heavy atom. The third kappa shape index (κ3) is 3.71. The molecule has 0 saturated carbocycles. The second-order valence-electron chi connectivity index (χ2n) is 5.66. The predicted octanol–water partition coefficient (Wildman–Crippen LogP) is 2.58. The van der Waals surface area contributed by atoms with Crippen LogP contribution in [0.1, 0.15) is 31.2 Å². The van der Waals surface area contributed by atoms with E-state index in [9.17, 15) is 4.79 Å². The number of ether oxygens (including phenoxy) is 1. The molecule has 0 aliphatic carbocycles. The smallest absolute Gasteiger partial charge is 0.252 e. The predicted molar refractivity (Wildman–Crippen MR) is 84.5 cm³/mol. The molecule has 0 bridgehead atoms. The van der Waals surface area contributed by atoms with E-state index in [1.807, 2.05) is 30.3 Å². The Kier molecular flexibility index (Phi) is 4.68. The van der Waals surface area contributed by atoms with Crippen molar-refractivity contribution in [3.63, 3.8) is 0 Å². The molecule has 1 saturated heterocycles. The average molecular weight is 286 g/mol. The molecule has 4 nitrogen and oxygen atoms in total. The van der Waals surface area contributed by atoms with Gasteiger partial charge in [0.2, 0.25) is 0 Å². The van der Waals surface area contributed by atoms with E-state index in [0.29, 0.717) is 12.6 Å². The molecule has 0 amide bonds. The Labute approximate surface area is 124 Å². The SMILES string of the molecule is O=c1[nH]c2ccccc2cc1CNCCC1CCCCO1. The van der Waals surface area contributed by atoms with Crippen LogP contribution in [0.5, 0.6) is 0 Å². The van der Waals surface area contributed by atoms with E-state index in [2.05, 4.69) is 10.3 Å². The third-order valence-corrected chi connectivity index (χ3v) is 4.06. The van der Waals surface area contributed by atoms with Gasteiger partial charge in [-0.1, -0.05) is 18.2 Å². The summed E-state index contributed by atoms with van der Waals surface area (Å²) in [6.45, 7) is 2.39. The van der Waals surface area contributed by atoms with Gasteiger partial charge in [-0.2, -0.15) is 0 Å². The minimum atomic E-state index is -0.00452. The quantitative estimate of drug-likeness (QED) is 0.831. The Morgan fingerprint density at radius 1 is 1.29 bits per heavy atom. The molecule has 1 aliphatic rings. The van der Waals surface area contributed by atoms with Gasteiger partial charge in [0.1, 0.15) is 0 Å². The molecule has 0 spiro atoms. The van der Waals surface area contributed by atoms with Crippen molar-refractivity contribution in [1.29, 1.82) is 0 Å². The molecule has 1 aromatic heterocycles. The zero-order chi connectivity index (χ0) is 14.5. The first-order chi connectivity index (χ1) is 10.3. The first-order valence-corrected chi connectivity index (χ1v) is 7.76. The largest absolute Gasteiger partial charge is 0.378 e. The first kappa shape index (κ1) is 14.3. The number of para-hydroxylation sites is 1. The van der Waals surface area contributed by atoms with Gasteiger partial charge in [0.25, 0.3) is 5.56 Å². The Morgan fingerprint density at radius 3 is 3.05 bits per heavy atom. The van der Waals surface area contributed by atoms with Gasteiger partial charge in [-0.15, -0.1) is 0 Å². The molecule has 2 aromatic rings. The lowest BCUT2D eigenvalue weighted by atomic mass is 10.1. The fourth-order valence-electron chi connectivity index (χ4n) is 2.85. The van der Waals surface area contributed by atoms with Crippen molar-refractivity contribution in [2.24, 2.45) is 0 Å². The van der Waals surface area contributed by atoms with Gasteiger partial charge in [0.15, 0.2) is 0 Å². The third-order valence-electron chi connectivity index (χ3n) is 4.06. The van der Waals surface area contributed by atoms with Crippen LogP contribution in [0.15, 0.2) is 35.1 Å². The summed E-state index contributed by atoms with van der Waals surface area (Å²) in [5.41, 5.74) is 1.68. The molecular weight excluding hydrogens is 264 g/mol. The van der Waals surface area contributed by atoms with Crippen LogP contribution < -0.4 is 10.9 Å². The molecule has 1 aromatic carbocycles. The van der Waals surface area contributed by atoms with Crippen molar-refractivity contribution < 1.29 is 4.74 Å². The molecule has 1 aliphatic heterocycles. The van der Waals surface area contributed by atoms with Gasteiger partial charge in [-0.3, -0.25) is 4.79 Å². The van der Waals surface area contributed by atoms with Crippen LogP contribution in [0.3, 0.4) is 0 Å². The van der Waals surface area contributed by atoms with Crippen LogP contribution in [0, 0.1) is 0 Å². The summed E-state index contributed by atoms with van der Waals surface area (Å²) < 4.78 is 5.70. The van der Waals surface area contributed by atoms with Crippen LogP contribution in [-0.2, 0) is 11.3 Å². The van der Waals surface area contributed by atoms with Crippen LogP contribution in [0.25, 0.3) is 10.9 Å². The molecule has 112 valence electrons. The van der Waals surface area contributed by atoms with Crippen molar-refractivity contribution in [3.05, 3.63) is 46.2 Å². The zero-order valence-electron chi connectivity index (χ0n) is 12.2. The molecule has 3 rings (SSSR count). The fourth-order valence-corrected chi connectivity index (χ4v) is 2.85. The molecule has 21 heavy (non-hydrogen) atoms. The maximum Gasteiger partial charge on any atom is 0.252 e. The Bertz CT molecular complexity index is 645. The summed E-state index contributed by atoms with van der Waals surface area (Å²) in [6.07, 6.45) is 5.04. The lowest BCUT2D eigenvalue weighted by molar-refractivity contribution is 0.0115. The van der Waals surface area contributed by atoms with Crippen LogP contribution >= 0.6 is 0 Å². The highest BCUT2D eigenvalue weighted by Gasteiger charge is 2.12. The molecule has 1 atom stereocenters. The van der Waals surface area contributed by atoms with Gasteiger partial charge in [-0.05, 0) is 49.7 Å². The average Bonchev–Trinajstić information content (AvgIpc) is 2.53. The summed E-state index contributed by atoms with van der Waals surface area (Å²) in [5, 5.41) is 4.43. The van der Waals surface area contributed by atoms with E-state index in [4.69, 9.17) is 4.74 Å². The number of hydrogen-bond acceptors (Lipinski definition) is 3. The van der Waals surface area contributed by atoms with E-state index in [-0.39, 0.29) is 5.56 Å². The summed E-state index contributed by atoms with van der Waals surface area (Å²) >= 11 is 0. The number of aromatic amines is 1. The number of fused-ring (bicyclic) bond motifs is 1. The summed E-state index contributed by atoms with van der Waals surface area (Å²) in [4.78, 5) is 14.9.